The first-order valence-electron chi connectivity index (χ1n) is 10.9. The highest BCUT2D eigenvalue weighted by atomic mass is 32.2. The molecule has 0 saturated carbocycles. The average molecular weight is 581 g/mol. The molecular weight excluding hydrogens is 556 g/mol. The number of nitrogens with one attached hydrogen (secondary N) is 1. The molecule has 0 fully saturated rings. The van der Waals surface area contributed by atoms with Gasteiger partial charge in [-0.05, 0) is 53.9 Å². The minimum Gasteiger partial charge on any atom is -0.493 e. The molecule has 0 aliphatic rings. The minimum atomic E-state index is -5.47. The van der Waals surface area contributed by atoms with Crippen LogP contribution in [0.1, 0.15) is 17.5 Å². The maximum atomic E-state index is 13.7. The molecule has 5 N–H and O–H groups in total. The highest BCUT2D eigenvalue weighted by molar-refractivity contribution is 7.89. The Balaban J connectivity index is 2.15. The number of carbonyl (C=O) groups is 2. The van der Waals surface area contributed by atoms with Gasteiger partial charge >= 0.3 is 18.1 Å². The second-order valence-corrected chi connectivity index (χ2v) is 9.44. The summed E-state index contributed by atoms with van der Waals surface area (Å²) in [7, 11) is -4.59. The molecular formula is C22H24F4N4O8S. The van der Waals surface area contributed by atoms with Gasteiger partial charge in [0.25, 0.3) is 0 Å². The summed E-state index contributed by atoms with van der Waals surface area (Å²) in [6, 6.07) is 6.83. The van der Waals surface area contributed by atoms with Crippen LogP contribution in [0.15, 0.2) is 52.5 Å². The topological polar surface area (TPSA) is 182 Å². The fourth-order valence-corrected chi connectivity index (χ4v) is 4.30. The van der Waals surface area contributed by atoms with Crippen LogP contribution in [0.3, 0.4) is 0 Å². The number of halogens is 4. The smallest absolute Gasteiger partial charge is 0.493 e. The third-order valence-corrected chi connectivity index (χ3v) is 6.25. The number of carbonyl (C=O) groups excluding carboxylic acids is 2. The van der Waals surface area contributed by atoms with E-state index in [1.807, 2.05) is 4.72 Å². The standard InChI is InChI=1S/C22H24F4N4O8S/c1-13-3-6-15(23)12-18(13)39(33,34)30-17(19(31)37-38-20(32)22(24,25)26)11-14-4-7-16(8-5-14)35-9-2-10-36-29-21(27)28/h3-8,12,17,30H,2,9-11H2,1H3,(H4,27,28,29)/t17-/m0/s1. The molecule has 2 rings (SSSR count). The van der Waals surface area contributed by atoms with E-state index < -0.39 is 51.3 Å². The zero-order chi connectivity index (χ0) is 29.2. The Kier molecular flexibility index (Phi) is 10.9. The number of rotatable bonds is 12. The highest BCUT2D eigenvalue weighted by Crippen LogP contribution is 2.20. The SMILES string of the molecule is Cc1ccc(F)cc1S(=O)(=O)N[C@@H](Cc1ccc(OCCCON=C(N)N)cc1)C(=O)OOC(=O)C(F)(F)F. The second kappa shape index (κ2) is 13.6. The third-order valence-electron chi connectivity index (χ3n) is 4.63. The van der Waals surface area contributed by atoms with E-state index in [1.165, 1.54) is 37.3 Å². The number of sulfonamides is 1. The van der Waals surface area contributed by atoms with Crippen molar-refractivity contribution in [2.45, 2.75) is 36.9 Å². The summed E-state index contributed by atoms with van der Waals surface area (Å²) in [6.07, 6.45) is -5.51. The van der Waals surface area contributed by atoms with E-state index in [4.69, 9.17) is 21.0 Å². The van der Waals surface area contributed by atoms with E-state index in [2.05, 4.69) is 14.9 Å². The second-order valence-electron chi connectivity index (χ2n) is 7.75. The van der Waals surface area contributed by atoms with Crippen LogP contribution in [-0.4, -0.2) is 51.7 Å². The van der Waals surface area contributed by atoms with E-state index in [-0.39, 0.29) is 24.7 Å². The Bertz CT molecular complexity index is 1280. The zero-order valence-corrected chi connectivity index (χ0v) is 21.1. The number of aryl methyl sites for hydroxylation is 1. The molecule has 0 radical (unpaired) electrons. The average Bonchev–Trinajstić information content (AvgIpc) is 2.85. The van der Waals surface area contributed by atoms with Gasteiger partial charge in [-0.15, -0.1) is 0 Å². The molecule has 1 atom stereocenters. The lowest BCUT2D eigenvalue weighted by Gasteiger charge is -2.18. The quantitative estimate of drug-likeness (QED) is 0.0832. The van der Waals surface area contributed by atoms with Gasteiger partial charge in [-0.1, -0.05) is 18.2 Å². The lowest BCUT2D eigenvalue weighted by molar-refractivity contribution is -0.286. The first-order valence-corrected chi connectivity index (χ1v) is 12.4. The summed E-state index contributed by atoms with van der Waals surface area (Å²) in [4.78, 5) is 35.1. The Hall–Kier alpha value is -4.12. The molecule has 0 bridgehead atoms. The molecule has 0 aromatic heterocycles. The van der Waals surface area contributed by atoms with E-state index in [0.29, 0.717) is 23.8 Å². The fraction of sp³-hybridized carbons (Fsp3) is 0.318. The van der Waals surface area contributed by atoms with Gasteiger partial charge < -0.3 is 21.0 Å². The summed E-state index contributed by atoms with van der Waals surface area (Å²) in [5.74, 6) is -5.23. The van der Waals surface area contributed by atoms with Crippen LogP contribution in [-0.2, 0) is 40.6 Å². The van der Waals surface area contributed by atoms with Crippen molar-refractivity contribution in [2.75, 3.05) is 13.2 Å². The summed E-state index contributed by atoms with van der Waals surface area (Å²) >= 11 is 0. The predicted octanol–water partition coefficient (Wildman–Crippen LogP) is 1.56. The van der Waals surface area contributed by atoms with Crippen LogP contribution in [0.2, 0.25) is 0 Å². The van der Waals surface area contributed by atoms with Gasteiger partial charge in [-0.2, -0.15) is 17.9 Å². The van der Waals surface area contributed by atoms with Gasteiger partial charge in [0.15, 0.2) is 0 Å². The molecule has 0 spiro atoms. The molecule has 17 heteroatoms. The molecule has 12 nitrogen and oxygen atoms in total. The van der Waals surface area contributed by atoms with Gasteiger partial charge in [0, 0.05) is 6.42 Å². The van der Waals surface area contributed by atoms with Gasteiger partial charge in [0.1, 0.15) is 24.2 Å². The van der Waals surface area contributed by atoms with Crippen molar-refractivity contribution < 1.29 is 54.9 Å². The molecule has 0 heterocycles. The van der Waals surface area contributed by atoms with Crippen LogP contribution in [0.5, 0.6) is 5.75 Å². The molecule has 214 valence electrons. The van der Waals surface area contributed by atoms with E-state index in [9.17, 15) is 35.6 Å². The normalized spacial score (nSPS) is 12.2. The number of nitrogens with zero attached hydrogens (tertiary/aromatic N) is 1. The van der Waals surface area contributed by atoms with Crippen molar-refractivity contribution in [3.05, 3.63) is 59.4 Å². The molecule has 0 unspecified atom stereocenters. The molecule has 2 aromatic rings. The van der Waals surface area contributed by atoms with Gasteiger partial charge in [-0.25, -0.2) is 32.2 Å². The van der Waals surface area contributed by atoms with E-state index in [0.717, 1.165) is 6.07 Å². The van der Waals surface area contributed by atoms with Crippen molar-refractivity contribution in [3.8, 4) is 5.75 Å². The van der Waals surface area contributed by atoms with Crippen molar-refractivity contribution in [1.29, 1.82) is 0 Å². The number of alkyl halides is 3. The molecule has 2 aromatic carbocycles. The number of benzene rings is 2. The summed E-state index contributed by atoms with van der Waals surface area (Å²) in [5.41, 5.74) is 10.6. The summed E-state index contributed by atoms with van der Waals surface area (Å²) in [5, 5.41) is 3.34. The number of guanidine groups is 1. The van der Waals surface area contributed by atoms with Gasteiger partial charge in [-0.3, -0.25) is 0 Å². The zero-order valence-electron chi connectivity index (χ0n) is 20.2. The van der Waals surface area contributed by atoms with Gasteiger partial charge in [0.2, 0.25) is 16.0 Å². The van der Waals surface area contributed by atoms with Crippen molar-refractivity contribution >= 4 is 27.9 Å². The van der Waals surface area contributed by atoms with Crippen LogP contribution in [0, 0.1) is 12.7 Å². The van der Waals surface area contributed by atoms with Gasteiger partial charge in [0.05, 0.1) is 11.5 Å². The number of oxime groups is 1. The number of ether oxygens (including phenoxy) is 1. The number of nitrogens with two attached hydrogens (primary N) is 2. The van der Waals surface area contributed by atoms with Crippen LogP contribution >= 0.6 is 0 Å². The molecule has 0 aliphatic carbocycles. The maximum absolute atomic E-state index is 13.7. The Morgan fingerprint density at radius 2 is 1.72 bits per heavy atom. The molecule has 39 heavy (non-hydrogen) atoms. The Labute approximate surface area is 219 Å². The first kappa shape index (κ1) is 31.1. The maximum Gasteiger partial charge on any atom is 0.495 e. The minimum absolute atomic E-state index is 0.115. The number of hydrogen-bond acceptors (Lipinski definition) is 9. The van der Waals surface area contributed by atoms with Crippen molar-refractivity contribution in [3.63, 3.8) is 0 Å². The lowest BCUT2D eigenvalue weighted by Crippen LogP contribution is -2.44. The fourth-order valence-electron chi connectivity index (χ4n) is 2.86. The largest absolute Gasteiger partial charge is 0.495 e. The van der Waals surface area contributed by atoms with Crippen LogP contribution in [0.4, 0.5) is 17.6 Å². The highest BCUT2D eigenvalue weighted by Gasteiger charge is 2.43. The molecule has 0 aliphatic heterocycles. The van der Waals surface area contributed by atoms with Crippen molar-refractivity contribution in [1.82, 2.24) is 4.72 Å². The van der Waals surface area contributed by atoms with Crippen molar-refractivity contribution in [2.24, 2.45) is 16.6 Å². The lowest BCUT2D eigenvalue weighted by atomic mass is 10.1. The third kappa shape index (κ3) is 10.3. The first-order chi connectivity index (χ1) is 18.2. The summed E-state index contributed by atoms with van der Waals surface area (Å²) in [6.45, 7) is 1.74. The summed E-state index contributed by atoms with van der Waals surface area (Å²) < 4.78 is 84.0. The monoisotopic (exact) mass is 580 g/mol. The van der Waals surface area contributed by atoms with Crippen LogP contribution < -0.4 is 20.9 Å². The Morgan fingerprint density at radius 3 is 2.33 bits per heavy atom. The van der Waals surface area contributed by atoms with E-state index >= 15 is 0 Å². The molecule has 0 saturated heterocycles. The Morgan fingerprint density at radius 1 is 1.05 bits per heavy atom. The number of hydrogen-bond donors (Lipinski definition) is 3. The molecule has 0 amide bonds. The predicted molar refractivity (Wildman–Crippen MR) is 126 cm³/mol. The van der Waals surface area contributed by atoms with Crippen LogP contribution in [0.25, 0.3) is 0 Å². The van der Waals surface area contributed by atoms with E-state index in [1.54, 1.807) is 0 Å².